The highest BCUT2D eigenvalue weighted by Gasteiger charge is 2.27. The molecule has 0 amide bonds. The first-order valence-corrected chi connectivity index (χ1v) is 11.1. The van der Waals surface area contributed by atoms with Gasteiger partial charge < -0.3 is 0 Å². The zero-order valence-corrected chi connectivity index (χ0v) is 18.1. The molecule has 0 N–H and O–H groups in total. The van der Waals surface area contributed by atoms with Crippen LogP contribution in [0.5, 0.6) is 0 Å². The highest BCUT2D eigenvalue weighted by Crippen LogP contribution is 2.31. The molecule has 5 rings (SSSR count). The Hall–Kier alpha value is -2.31. The molecule has 1 aliphatic carbocycles. The van der Waals surface area contributed by atoms with Crippen LogP contribution in [0.25, 0.3) is 5.69 Å². The summed E-state index contributed by atoms with van der Waals surface area (Å²) in [5.41, 5.74) is 4.33. The van der Waals surface area contributed by atoms with Crippen molar-refractivity contribution in [3.05, 3.63) is 75.8 Å². The first-order valence-electron chi connectivity index (χ1n) is 10.3. The van der Waals surface area contributed by atoms with Crippen LogP contribution < -0.4 is 0 Å². The van der Waals surface area contributed by atoms with Gasteiger partial charge in [0.05, 0.1) is 17.9 Å². The standard InChI is InChI=1S/C23H24BrN5/c1-2-28(14-16-8-9-16)15-22-27-26-21-13-25-23(17-6-4-3-5-7-17)19-12-18(24)10-11-20(19)29(21)22/h3-7,10-12,16H,2,8-9,13-15H2,1H3. The summed E-state index contributed by atoms with van der Waals surface area (Å²) in [4.78, 5) is 7.43. The molecular formula is C23H24BrN5. The number of aromatic nitrogens is 3. The molecule has 1 saturated carbocycles. The van der Waals surface area contributed by atoms with Crippen molar-refractivity contribution in [3.8, 4) is 5.69 Å². The van der Waals surface area contributed by atoms with Crippen molar-refractivity contribution in [2.24, 2.45) is 10.9 Å². The van der Waals surface area contributed by atoms with E-state index >= 15 is 0 Å². The molecule has 0 saturated heterocycles. The second-order valence-corrected chi connectivity index (χ2v) is 8.75. The van der Waals surface area contributed by atoms with Crippen LogP contribution in [-0.2, 0) is 13.1 Å². The Morgan fingerprint density at radius 2 is 1.93 bits per heavy atom. The maximum atomic E-state index is 4.95. The lowest BCUT2D eigenvalue weighted by Gasteiger charge is -2.21. The summed E-state index contributed by atoms with van der Waals surface area (Å²) in [6.07, 6.45) is 2.72. The molecular weight excluding hydrogens is 426 g/mol. The third-order valence-corrected chi connectivity index (χ3v) is 6.20. The maximum absolute atomic E-state index is 4.95. The first kappa shape index (κ1) is 18.7. The van der Waals surface area contributed by atoms with Crippen molar-refractivity contribution in [2.45, 2.75) is 32.9 Å². The zero-order valence-electron chi connectivity index (χ0n) is 16.6. The lowest BCUT2D eigenvalue weighted by Crippen LogP contribution is -2.27. The summed E-state index contributed by atoms with van der Waals surface area (Å²) < 4.78 is 3.26. The summed E-state index contributed by atoms with van der Waals surface area (Å²) in [6.45, 7) is 5.74. The zero-order chi connectivity index (χ0) is 19.8. The van der Waals surface area contributed by atoms with E-state index < -0.39 is 0 Å². The minimum absolute atomic E-state index is 0.526. The Morgan fingerprint density at radius 1 is 1.10 bits per heavy atom. The summed E-state index contributed by atoms with van der Waals surface area (Å²) in [5, 5.41) is 9.08. The number of hydrogen-bond donors (Lipinski definition) is 0. The highest BCUT2D eigenvalue weighted by atomic mass is 79.9. The Balaban J connectivity index is 1.58. The van der Waals surface area contributed by atoms with Crippen LogP contribution in [0.4, 0.5) is 0 Å². The molecule has 0 radical (unpaired) electrons. The Labute approximate surface area is 179 Å². The minimum atomic E-state index is 0.526. The molecule has 3 aromatic rings. The quantitative estimate of drug-likeness (QED) is 0.551. The molecule has 0 spiro atoms. The van der Waals surface area contributed by atoms with Gasteiger partial charge in [0.25, 0.3) is 0 Å². The van der Waals surface area contributed by atoms with E-state index in [2.05, 4.69) is 85.0 Å². The molecule has 1 aromatic heterocycles. The largest absolute Gasteiger partial charge is 0.296 e. The Bertz CT molecular complexity index is 1050. The van der Waals surface area contributed by atoms with Crippen molar-refractivity contribution in [2.75, 3.05) is 13.1 Å². The molecule has 2 heterocycles. The van der Waals surface area contributed by atoms with Gasteiger partial charge in [-0.2, -0.15) is 0 Å². The topological polar surface area (TPSA) is 46.3 Å². The van der Waals surface area contributed by atoms with Gasteiger partial charge in [-0.3, -0.25) is 14.5 Å². The van der Waals surface area contributed by atoms with Gasteiger partial charge in [0.2, 0.25) is 0 Å². The van der Waals surface area contributed by atoms with E-state index in [9.17, 15) is 0 Å². The number of aliphatic imine (C=N–C) groups is 1. The van der Waals surface area contributed by atoms with Gasteiger partial charge in [0.15, 0.2) is 11.6 Å². The molecule has 5 nitrogen and oxygen atoms in total. The highest BCUT2D eigenvalue weighted by molar-refractivity contribution is 9.10. The number of fused-ring (bicyclic) bond motifs is 3. The molecule has 2 aromatic carbocycles. The number of halogens is 1. The van der Waals surface area contributed by atoms with Crippen LogP contribution >= 0.6 is 15.9 Å². The van der Waals surface area contributed by atoms with E-state index in [1.54, 1.807) is 0 Å². The van der Waals surface area contributed by atoms with Crippen LogP contribution in [0.15, 0.2) is 58.0 Å². The van der Waals surface area contributed by atoms with E-state index in [4.69, 9.17) is 4.99 Å². The predicted octanol–water partition coefficient (Wildman–Crippen LogP) is 4.61. The molecule has 29 heavy (non-hydrogen) atoms. The molecule has 6 heteroatoms. The lowest BCUT2D eigenvalue weighted by molar-refractivity contribution is 0.260. The second kappa shape index (κ2) is 7.84. The van der Waals surface area contributed by atoms with Gasteiger partial charge in [-0.25, -0.2) is 0 Å². The number of hydrogen-bond acceptors (Lipinski definition) is 4. The Kier molecular flexibility index (Phi) is 5.06. The van der Waals surface area contributed by atoms with Gasteiger partial charge in [0, 0.05) is 22.1 Å². The van der Waals surface area contributed by atoms with E-state index in [-0.39, 0.29) is 0 Å². The summed E-state index contributed by atoms with van der Waals surface area (Å²) in [6, 6.07) is 16.8. The summed E-state index contributed by atoms with van der Waals surface area (Å²) in [7, 11) is 0. The van der Waals surface area contributed by atoms with E-state index in [1.807, 2.05) is 6.07 Å². The first-order chi connectivity index (χ1) is 14.2. The molecule has 1 aliphatic heterocycles. The van der Waals surface area contributed by atoms with Gasteiger partial charge in [0.1, 0.15) is 6.54 Å². The fourth-order valence-electron chi connectivity index (χ4n) is 3.98. The summed E-state index contributed by atoms with van der Waals surface area (Å²) in [5.74, 6) is 2.75. The van der Waals surface area contributed by atoms with Crippen molar-refractivity contribution in [1.29, 1.82) is 0 Å². The number of benzene rings is 2. The third-order valence-electron chi connectivity index (χ3n) is 5.70. The second-order valence-electron chi connectivity index (χ2n) is 7.83. The fraction of sp³-hybridized carbons (Fsp3) is 0.348. The van der Waals surface area contributed by atoms with E-state index in [0.717, 1.165) is 64.2 Å². The van der Waals surface area contributed by atoms with Gasteiger partial charge in [-0.1, -0.05) is 53.2 Å². The van der Waals surface area contributed by atoms with Gasteiger partial charge in [-0.15, -0.1) is 10.2 Å². The average molecular weight is 450 g/mol. The normalized spacial score (nSPS) is 15.6. The fourth-order valence-corrected chi connectivity index (χ4v) is 4.34. The molecule has 0 atom stereocenters. The maximum Gasteiger partial charge on any atom is 0.159 e. The van der Waals surface area contributed by atoms with Gasteiger partial charge >= 0.3 is 0 Å². The van der Waals surface area contributed by atoms with Crippen LogP contribution in [0.2, 0.25) is 0 Å². The van der Waals surface area contributed by atoms with Crippen molar-refractivity contribution in [1.82, 2.24) is 19.7 Å². The number of nitrogens with zero attached hydrogens (tertiary/aromatic N) is 5. The third kappa shape index (κ3) is 3.79. The molecule has 0 bridgehead atoms. The molecule has 2 aliphatic rings. The van der Waals surface area contributed by atoms with Crippen molar-refractivity contribution in [3.63, 3.8) is 0 Å². The van der Waals surface area contributed by atoms with Crippen molar-refractivity contribution >= 4 is 21.6 Å². The van der Waals surface area contributed by atoms with E-state index in [1.165, 1.54) is 12.8 Å². The monoisotopic (exact) mass is 449 g/mol. The summed E-state index contributed by atoms with van der Waals surface area (Å²) >= 11 is 3.65. The average Bonchev–Trinajstić information content (AvgIpc) is 3.50. The SMILES string of the molecule is CCN(Cc1nnc2n1-c1ccc(Br)cc1C(c1ccccc1)=NC2)CC1CC1. The van der Waals surface area contributed by atoms with Crippen LogP contribution in [0, 0.1) is 5.92 Å². The molecule has 1 fully saturated rings. The molecule has 148 valence electrons. The molecule has 0 unspecified atom stereocenters. The lowest BCUT2D eigenvalue weighted by atomic mass is 10.0. The van der Waals surface area contributed by atoms with Gasteiger partial charge in [-0.05, 0) is 43.5 Å². The van der Waals surface area contributed by atoms with Crippen molar-refractivity contribution < 1.29 is 0 Å². The van der Waals surface area contributed by atoms with Crippen LogP contribution in [0.1, 0.15) is 42.5 Å². The smallest absolute Gasteiger partial charge is 0.159 e. The predicted molar refractivity (Wildman–Crippen MR) is 119 cm³/mol. The minimum Gasteiger partial charge on any atom is -0.296 e. The van der Waals surface area contributed by atoms with E-state index in [0.29, 0.717) is 6.54 Å². The Morgan fingerprint density at radius 3 is 2.69 bits per heavy atom. The van der Waals surface area contributed by atoms with Crippen LogP contribution in [-0.4, -0.2) is 38.5 Å². The van der Waals surface area contributed by atoms with Crippen LogP contribution in [0.3, 0.4) is 0 Å². The number of rotatable bonds is 6.